The van der Waals surface area contributed by atoms with Crippen LogP contribution in [0.3, 0.4) is 0 Å². The molecule has 0 aliphatic heterocycles. The van der Waals surface area contributed by atoms with Gasteiger partial charge in [-0.3, -0.25) is 9.36 Å². The minimum Gasteiger partial charge on any atom is -0.349 e. The van der Waals surface area contributed by atoms with Crippen molar-refractivity contribution in [3.05, 3.63) is 71.0 Å². The van der Waals surface area contributed by atoms with E-state index in [0.29, 0.717) is 10.9 Å². The minimum absolute atomic E-state index is 0.0389. The highest BCUT2D eigenvalue weighted by atomic mass is 35.5. The van der Waals surface area contributed by atoms with Gasteiger partial charge in [0.25, 0.3) is 0 Å². The third-order valence-corrected chi connectivity index (χ3v) is 5.88. The SMILES string of the molecule is CC(NC(=O)CSc1nnc(C2CC2)n1-c1ccccc1)c1ccc(Cl)cc1. The van der Waals surface area contributed by atoms with Crippen LogP contribution in [0.15, 0.2) is 59.8 Å². The van der Waals surface area contributed by atoms with E-state index in [1.165, 1.54) is 11.8 Å². The smallest absolute Gasteiger partial charge is 0.230 e. The second kappa shape index (κ2) is 8.37. The van der Waals surface area contributed by atoms with Crippen LogP contribution in [0.1, 0.15) is 43.1 Å². The highest BCUT2D eigenvalue weighted by Gasteiger charge is 2.31. The Labute approximate surface area is 173 Å². The third-order valence-electron chi connectivity index (χ3n) is 4.70. The molecule has 7 heteroatoms. The molecule has 0 radical (unpaired) electrons. The van der Waals surface area contributed by atoms with Crippen molar-refractivity contribution >= 4 is 29.3 Å². The fourth-order valence-electron chi connectivity index (χ4n) is 3.05. The van der Waals surface area contributed by atoms with Gasteiger partial charge < -0.3 is 5.32 Å². The number of aromatic nitrogens is 3. The fourth-order valence-corrected chi connectivity index (χ4v) is 3.94. The lowest BCUT2D eigenvalue weighted by atomic mass is 10.1. The second-order valence-electron chi connectivity index (χ2n) is 6.92. The molecule has 1 heterocycles. The Kier molecular flexibility index (Phi) is 5.69. The van der Waals surface area contributed by atoms with E-state index in [2.05, 4.69) is 20.1 Å². The summed E-state index contributed by atoms with van der Waals surface area (Å²) in [5, 5.41) is 13.2. The van der Waals surface area contributed by atoms with Crippen LogP contribution in [-0.2, 0) is 4.79 Å². The zero-order valence-corrected chi connectivity index (χ0v) is 17.1. The van der Waals surface area contributed by atoms with E-state index in [1.807, 2.05) is 61.5 Å². The zero-order valence-electron chi connectivity index (χ0n) is 15.5. The Morgan fingerprint density at radius 3 is 2.57 bits per heavy atom. The van der Waals surface area contributed by atoms with Gasteiger partial charge in [0.05, 0.1) is 11.8 Å². The Hall–Kier alpha value is -2.31. The highest BCUT2D eigenvalue weighted by molar-refractivity contribution is 7.99. The van der Waals surface area contributed by atoms with Gasteiger partial charge >= 0.3 is 0 Å². The number of benzene rings is 2. The molecule has 2 aromatic carbocycles. The molecule has 1 aromatic heterocycles. The molecule has 4 rings (SSSR count). The van der Waals surface area contributed by atoms with Gasteiger partial charge in [0, 0.05) is 16.6 Å². The number of hydrogen-bond donors (Lipinski definition) is 1. The van der Waals surface area contributed by atoms with Crippen molar-refractivity contribution < 1.29 is 4.79 Å². The lowest BCUT2D eigenvalue weighted by Gasteiger charge is -2.14. The van der Waals surface area contributed by atoms with E-state index in [-0.39, 0.29) is 17.7 Å². The van der Waals surface area contributed by atoms with Gasteiger partial charge in [-0.25, -0.2) is 0 Å². The molecule has 1 unspecified atom stereocenters. The molecule has 144 valence electrons. The fraction of sp³-hybridized carbons (Fsp3) is 0.286. The van der Waals surface area contributed by atoms with Crippen LogP contribution in [0.5, 0.6) is 0 Å². The number of carbonyl (C=O) groups excluding carboxylic acids is 1. The van der Waals surface area contributed by atoms with Crippen LogP contribution in [0, 0.1) is 0 Å². The van der Waals surface area contributed by atoms with E-state index in [4.69, 9.17) is 11.6 Å². The summed E-state index contributed by atoms with van der Waals surface area (Å²) in [5.74, 6) is 1.71. The maximum absolute atomic E-state index is 12.5. The molecule has 0 saturated heterocycles. The first-order valence-corrected chi connectivity index (χ1v) is 10.7. The Morgan fingerprint density at radius 1 is 1.18 bits per heavy atom. The second-order valence-corrected chi connectivity index (χ2v) is 8.29. The summed E-state index contributed by atoms with van der Waals surface area (Å²) in [7, 11) is 0. The molecule has 1 saturated carbocycles. The molecule has 28 heavy (non-hydrogen) atoms. The maximum atomic E-state index is 12.5. The molecule has 1 aliphatic carbocycles. The van der Waals surface area contributed by atoms with Gasteiger partial charge in [-0.2, -0.15) is 0 Å². The number of para-hydroxylation sites is 1. The molecule has 3 aromatic rings. The van der Waals surface area contributed by atoms with Crippen LogP contribution in [0.2, 0.25) is 5.02 Å². The number of amides is 1. The van der Waals surface area contributed by atoms with Crippen LogP contribution in [-0.4, -0.2) is 26.4 Å². The molecule has 1 atom stereocenters. The van der Waals surface area contributed by atoms with Gasteiger partial charge in [0.1, 0.15) is 5.82 Å². The number of nitrogens with zero attached hydrogens (tertiary/aromatic N) is 3. The number of carbonyl (C=O) groups is 1. The quantitative estimate of drug-likeness (QED) is 0.568. The Bertz CT molecular complexity index is 954. The first-order chi connectivity index (χ1) is 13.6. The number of nitrogens with one attached hydrogen (secondary N) is 1. The lowest BCUT2D eigenvalue weighted by molar-refractivity contribution is -0.119. The van der Waals surface area contributed by atoms with Gasteiger partial charge in [0.2, 0.25) is 5.91 Å². The molecular weight excluding hydrogens is 392 g/mol. The molecular formula is C21H21ClN4OS. The van der Waals surface area contributed by atoms with E-state index in [0.717, 1.165) is 35.1 Å². The predicted molar refractivity (Wildman–Crippen MR) is 112 cm³/mol. The minimum atomic E-state index is -0.0839. The summed E-state index contributed by atoms with van der Waals surface area (Å²) in [6, 6.07) is 17.5. The number of rotatable bonds is 7. The first-order valence-electron chi connectivity index (χ1n) is 9.30. The standard InChI is InChI=1S/C21H21ClN4OS/c1-14(15-9-11-17(22)12-10-15)23-19(27)13-28-21-25-24-20(16-7-8-16)26(21)18-5-3-2-4-6-18/h2-6,9-12,14,16H,7-8,13H2,1H3,(H,23,27). The van der Waals surface area contributed by atoms with Crippen molar-refractivity contribution in [1.29, 1.82) is 0 Å². The summed E-state index contributed by atoms with van der Waals surface area (Å²) in [6.45, 7) is 1.96. The van der Waals surface area contributed by atoms with E-state index in [1.54, 1.807) is 0 Å². The highest BCUT2D eigenvalue weighted by Crippen LogP contribution is 2.41. The van der Waals surface area contributed by atoms with Crippen molar-refractivity contribution in [3.63, 3.8) is 0 Å². The van der Waals surface area contributed by atoms with E-state index >= 15 is 0 Å². The lowest BCUT2D eigenvalue weighted by Crippen LogP contribution is -2.28. The summed E-state index contributed by atoms with van der Waals surface area (Å²) in [4.78, 5) is 12.5. The number of hydrogen-bond acceptors (Lipinski definition) is 4. The van der Waals surface area contributed by atoms with E-state index < -0.39 is 0 Å². The number of halogens is 1. The van der Waals surface area contributed by atoms with Crippen LogP contribution in [0.25, 0.3) is 5.69 Å². The van der Waals surface area contributed by atoms with Gasteiger partial charge in [-0.05, 0) is 49.6 Å². The molecule has 1 N–H and O–H groups in total. The van der Waals surface area contributed by atoms with Gasteiger partial charge in [0.15, 0.2) is 5.16 Å². The summed E-state index contributed by atoms with van der Waals surface area (Å²) in [5.41, 5.74) is 2.05. The average molecular weight is 413 g/mol. The van der Waals surface area contributed by atoms with Crippen LogP contribution < -0.4 is 5.32 Å². The molecule has 5 nitrogen and oxygen atoms in total. The molecule has 0 bridgehead atoms. The van der Waals surface area contributed by atoms with Crippen molar-refractivity contribution in [2.45, 2.75) is 36.9 Å². The van der Waals surface area contributed by atoms with Gasteiger partial charge in [-0.1, -0.05) is 53.7 Å². The number of thioether (sulfide) groups is 1. The zero-order chi connectivity index (χ0) is 19.5. The predicted octanol–water partition coefficient (Wildman–Crippen LogP) is 4.77. The molecule has 1 aliphatic rings. The van der Waals surface area contributed by atoms with Crippen LogP contribution in [0.4, 0.5) is 0 Å². The Balaban J connectivity index is 1.43. The largest absolute Gasteiger partial charge is 0.349 e. The molecule has 0 spiro atoms. The summed E-state index contributed by atoms with van der Waals surface area (Å²) >= 11 is 7.34. The van der Waals surface area contributed by atoms with Crippen molar-refractivity contribution in [1.82, 2.24) is 20.1 Å². The van der Waals surface area contributed by atoms with Gasteiger partial charge in [-0.15, -0.1) is 10.2 Å². The summed E-state index contributed by atoms with van der Waals surface area (Å²) < 4.78 is 2.08. The van der Waals surface area contributed by atoms with Crippen LogP contribution >= 0.6 is 23.4 Å². The topological polar surface area (TPSA) is 59.8 Å². The Morgan fingerprint density at radius 2 is 1.89 bits per heavy atom. The van der Waals surface area contributed by atoms with Crippen molar-refractivity contribution in [3.8, 4) is 5.69 Å². The normalized spacial score (nSPS) is 14.6. The molecule has 1 amide bonds. The summed E-state index contributed by atoms with van der Waals surface area (Å²) in [6.07, 6.45) is 2.30. The maximum Gasteiger partial charge on any atom is 0.230 e. The van der Waals surface area contributed by atoms with Crippen molar-refractivity contribution in [2.75, 3.05) is 5.75 Å². The monoisotopic (exact) mass is 412 g/mol. The molecule has 1 fully saturated rings. The van der Waals surface area contributed by atoms with Crippen molar-refractivity contribution in [2.24, 2.45) is 0 Å². The average Bonchev–Trinajstić information content (AvgIpc) is 3.47. The third kappa shape index (κ3) is 4.39. The van der Waals surface area contributed by atoms with E-state index in [9.17, 15) is 4.79 Å². The first kappa shape index (κ1) is 19.0.